The second-order valence-corrected chi connectivity index (χ2v) is 5.26. The fraction of sp³-hybridized carbons (Fsp3) is 0.733. The van der Waals surface area contributed by atoms with Crippen LogP contribution in [0.15, 0.2) is 12.4 Å². The Kier molecular flexibility index (Phi) is 8.51. The maximum Gasteiger partial charge on any atom is 0.220 e. The first kappa shape index (κ1) is 16.5. The van der Waals surface area contributed by atoms with Gasteiger partial charge in [0.25, 0.3) is 0 Å². The lowest BCUT2D eigenvalue weighted by atomic mass is 10.1. The topological polar surface area (TPSA) is 72.9 Å². The molecular formula is C15H28N4O. The quantitative estimate of drug-likeness (QED) is 0.612. The number of carbonyl (C=O) groups is 1. The number of nitrogens with two attached hydrogens (primary N) is 1. The number of hydrogen-bond acceptors (Lipinski definition) is 3. The monoisotopic (exact) mass is 280 g/mol. The summed E-state index contributed by atoms with van der Waals surface area (Å²) in [6.07, 6.45) is 12.7. The van der Waals surface area contributed by atoms with Gasteiger partial charge in [-0.25, -0.2) is 0 Å². The van der Waals surface area contributed by atoms with Crippen molar-refractivity contribution in [1.82, 2.24) is 15.1 Å². The molecular weight excluding hydrogens is 252 g/mol. The van der Waals surface area contributed by atoms with Crippen LogP contribution in [0.5, 0.6) is 0 Å². The summed E-state index contributed by atoms with van der Waals surface area (Å²) >= 11 is 0. The molecule has 0 bridgehead atoms. The molecule has 0 spiro atoms. The fourth-order valence-corrected chi connectivity index (χ4v) is 2.14. The lowest BCUT2D eigenvalue weighted by molar-refractivity contribution is -0.121. The molecule has 0 saturated heterocycles. The molecule has 0 fully saturated rings. The van der Waals surface area contributed by atoms with Gasteiger partial charge in [-0.1, -0.05) is 45.4 Å². The molecule has 1 aromatic rings. The minimum atomic E-state index is 0.138. The van der Waals surface area contributed by atoms with Crippen LogP contribution in [-0.2, 0) is 11.3 Å². The zero-order chi connectivity index (χ0) is 14.6. The lowest BCUT2D eigenvalue weighted by Gasteiger charge is -2.05. The molecule has 5 heteroatoms. The van der Waals surface area contributed by atoms with E-state index in [9.17, 15) is 4.79 Å². The Balaban J connectivity index is 1.92. The van der Waals surface area contributed by atoms with E-state index >= 15 is 0 Å². The van der Waals surface area contributed by atoms with Crippen LogP contribution in [0.3, 0.4) is 0 Å². The van der Waals surface area contributed by atoms with Gasteiger partial charge in [0.2, 0.25) is 5.91 Å². The maximum absolute atomic E-state index is 11.6. The molecule has 5 nitrogen and oxygen atoms in total. The molecule has 0 aromatic carbocycles. The van der Waals surface area contributed by atoms with Crippen molar-refractivity contribution in [3.63, 3.8) is 0 Å². The third kappa shape index (κ3) is 7.81. The highest BCUT2D eigenvalue weighted by Gasteiger charge is 2.01. The lowest BCUT2D eigenvalue weighted by Crippen LogP contribution is -2.27. The van der Waals surface area contributed by atoms with Crippen molar-refractivity contribution in [2.45, 2.75) is 64.8 Å². The van der Waals surface area contributed by atoms with Crippen LogP contribution in [0, 0.1) is 0 Å². The molecule has 0 atom stereocenters. The molecule has 1 aromatic heterocycles. The molecule has 0 saturated carbocycles. The van der Waals surface area contributed by atoms with Gasteiger partial charge in [-0.15, -0.1) is 0 Å². The van der Waals surface area contributed by atoms with E-state index in [1.165, 1.54) is 32.1 Å². The third-order valence-electron chi connectivity index (χ3n) is 3.32. The molecule has 20 heavy (non-hydrogen) atoms. The summed E-state index contributed by atoms with van der Waals surface area (Å²) in [7, 11) is 0. The minimum absolute atomic E-state index is 0.138. The van der Waals surface area contributed by atoms with Crippen LogP contribution in [0.4, 0.5) is 5.69 Å². The Hall–Kier alpha value is -1.52. The maximum atomic E-state index is 11.6. The Morgan fingerprint density at radius 1 is 1.25 bits per heavy atom. The van der Waals surface area contributed by atoms with E-state index in [-0.39, 0.29) is 5.91 Å². The second kappa shape index (κ2) is 10.3. The standard InChI is InChI=1S/C15H28N4O/c1-2-3-4-5-6-7-8-9-15(20)17-10-11-19-13-14(16)12-18-19/h12-13H,2-11,16H2,1H3,(H,17,20). The highest BCUT2D eigenvalue weighted by atomic mass is 16.1. The van der Waals surface area contributed by atoms with Crippen LogP contribution in [-0.4, -0.2) is 22.2 Å². The number of amides is 1. The zero-order valence-electron chi connectivity index (χ0n) is 12.6. The Morgan fingerprint density at radius 3 is 2.60 bits per heavy atom. The van der Waals surface area contributed by atoms with Crippen molar-refractivity contribution in [3.05, 3.63) is 12.4 Å². The second-order valence-electron chi connectivity index (χ2n) is 5.26. The molecule has 0 aliphatic carbocycles. The van der Waals surface area contributed by atoms with Crippen LogP contribution < -0.4 is 11.1 Å². The average molecular weight is 280 g/mol. The minimum Gasteiger partial charge on any atom is -0.396 e. The average Bonchev–Trinajstić information content (AvgIpc) is 2.83. The van der Waals surface area contributed by atoms with Gasteiger partial charge in [0, 0.05) is 19.2 Å². The third-order valence-corrected chi connectivity index (χ3v) is 3.32. The van der Waals surface area contributed by atoms with Gasteiger partial charge >= 0.3 is 0 Å². The SMILES string of the molecule is CCCCCCCCCC(=O)NCCn1cc(N)cn1. The van der Waals surface area contributed by atoms with E-state index in [0.717, 1.165) is 12.8 Å². The van der Waals surface area contributed by atoms with Gasteiger partial charge in [0.15, 0.2) is 0 Å². The summed E-state index contributed by atoms with van der Waals surface area (Å²) < 4.78 is 1.74. The molecule has 114 valence electrons. The predicted molar refractivity (Wildman–Crippen MR) is 82.3 cm³/mol. The molecule has 0 aliphatic heterocycles. The summed E-state index contributed by atoms with van der Waals surface area (Å²) in [4.78, 5) is 11.6. The largest absolute Gasteiger partial charge is 0.396 e. The predicted octanol–water partition coefficient (Wildman–Crippen LogP) is 2.72. The number of anilines is 1. The normalized spacial score (nSPS) is 10.7. The Bertz CT molecular complexity index is 376. The van der Waals surface area contributed by atoms with Crippen molar-refractivity contribution < 1.29 is 4.79 Å². The molecule has 3 N–H and O–H groups in total. The number of rotatable bonds is 11. The summed E-state index contributed by atoms with van der Waals surface area (Å²) in [6.45, 7) is 3.50. The first-order valence-corrected chi connectivity index (χ1v) is 7.77. The van der Waals surface area contributed by atoms with Gasteiger partial charge in [0.1, 0.15) is 0 Å². The first-order valence-electron chi connectivity index (χ1n) is 7.77. The van der Waals surface area contributed by atoms with Crippen molar-refractivity contribution in [2.24, 2.45) is 0 Å². The summed E-state index contributed by atoms with van der Waals surface area (Å²) in [6, 6.07) is 0. The molecule has 1 heterocycles. The van der Waals surface area contributed by atoms with Gasteiger partial charge in [-0.3, -0.25) is 9.48 Å². The number of carbonyl (C=O) groups excluding carboxylic acids is 1. The molecule has 0 unspecified atom stereocenters. The van der Waals surface area contributed by atoms with E-state index in [4.69, 9.17) is 5.73 Å². The van der Waals surface area contributed by atoms with Crippen LogP contribution >= 0.6 is 0 Å². The van der Waals surface area contributed by atoms with E-state index in [2.05, 4.69) is 17.3 Å². The summed E-state index contributed by atoms with van der Waals surface area (Å²) in [5.74, 6) is 0.138. The van der Waals surface area contributed by atoms with Crippen LogP contribution in [0.1, 0.15) is 58.3 Å². The molecule has 0 radical (unpaired) electrons. The van der Waals surface area contributed by atoms with E-state index in [0.29, 0.717) is 25.2 Å². The van der Waals surface area contributed by atoms with Gasteiger partial charge < -0.3 is 11.1 Å². The van der Waals surface area contributed by atoms with Crippen LogP contribution in [0.2, 0.25) is 0 Å². The van der Waals surface area contributed by atoms with Crippen LogP contribution in [0.25, 0.3) is 0 Å². The molecule has 0 aliphatic rings. The molecule has 1 amide bonds. The van der Waals surface area contributed by atoms with Gasteiger partial charge in [-0.05, 0) is 6.42 Å². The molecule has 1 rings (SSSR count). The highest BCUT2D eigenvalue weighted by Crippen LogP contribution is 2.08. The van der Waals surface area contributed by atoms with Gasteiger partial charge in [-0.2, -0.15) is 5.10 Å². The number of nitrogens with zero attached hydrogens (tertiary/aromatic N) is 2. The fourth-order valence-electron chi connectivity index (χ4n) is 2.14. The number of nitrogen functional groups attached to an aromatic ring is 1. The smallest absolute Gasteiger partial charge is 0.220 e. The summed E-state index contributed by atoms with van der Waals surface area (Å²) in [5.41, 5.74) is 6.22. The van der Waals surface area contributed by atoms with Crippen molar-refractivity contribution in [3.8, 4) is 0 Å². The number of aromatic nitrogens is 2. The van der Waals surface area contributed by atoms with Crippen molar-refractivity contribution >= 4 is 11.6 Å². The number of hydrogen-bond donors (Lipinski definition) is 2. The highest BCUT2D eigenvalue weighted by molar-refractivity contribution is 5.75. The summed E-state index contributed by atoms with van der Waals surface area (Å²) in [5, 5.41) is 6.97. The van der Waals surface area contributed by atoms with E-state index in [1.807, 2.05) is 0 Å². The zero-order valence-corrected chi connectivity index (χ0v) is 12.6. The first-order chi connectivity index (χ1) is 9.72. The number of unbranched alkanes of at least 4 members (excludes halogenated alkanes) is 6. The Morgan fingerprint density at radius 2 is 1.95 bits per heavy atom. The van der Waals surface area contributed by atoms with Gasteiger partial charge in [0.05, 0.1) is 18.4 Å². The Labute approximate surface area is 121 Å². The number of nitrogens with one attached hydrogen (secondary N) is 1. The van der Waals surface area contributed by atoms with Crippen molar-refractivity contribution in [2.75, 3.05) is 12.3 Å². The van der Waals surface area contributed by atoms with Crippen molar-refractivity contribution in [1.29, 1.82) is 0 Å². The van der Waals surface area contributed by atoms with E-state index in [1.54, 1.807) is 17.1 Å². The van der Waals surface area contributed by atoms with E-state index < -0.39 is 0 Å².